The number of aryl methyl sites for hydroxylation is 1. The minimum absolute atomic E-state index is 0.0707. The SMILES string of the molecule is Cc1ccc([N+](=O)[O-])cc1NCC(=O)c1cccc(S(=O)(=O)N2CC(C)CC(C)C2)c1. The highest BCUT2D eigenvalue weighted by Crippen LogP contribution is 2.27. The molecule has 2 atom stereocenters. The molecule has 0 aliphatic carbocycles. The van der Waals surface area contributed by atoms with Crippen molar-refractivity contribution in [2.75, 3.05) is 25.0 Å². The summed E-state index contributed by atoms with van der Waals surface area (Å²) >= 11 is 0. The molecule has 166 valence electrons. The zero-order valence-electron chi connectivity index (χ0n) is 17.9. The lowest BCUT2D eigenvalue weighted by molar-refractivity contribution is -0.384. The number of carbonyl (C=O) groups excluding carboxylic acids is 1. The summed E-state index contributed by atoms with van der Waals surface area (Å²) in [5.74, 6) is 0.264. The van der Waals surface area contributed by atoms with E-state index in [2.05, 4.69) is 5.32 Å². The number of anilines is 1. The predicted octanol–water partition coefficient (Wildman–Crippen LogP) is 3.86. The molecule has 2 aromatic rings. The number of nitro benzene ring substituents is 1. The molecule has 1 aliphatic rings. The normalized spacial score (nSPS) is 19.7. The Kier molecular flexibility index (Phi) is 6.76. The topological polar surface area (TPSA) is 110 Å². The average Bonchev–Trinajstić information content (AvgIpc) is 2.72. The molecule has 3 rings (SSSR count). The standard InChI is InChI=1S/C22H27N3O5S/c1-15-9-16(2)14-24(13-15)31(29,30)20-6-4-5-18(10-20)22(26)12-23-21-11-19(25(27)28)8-7-17(21)3/h4-8,10-11,15-16,23H,9,12-14H2,1-3H3. The van der Waals surface area contributed by atoms with Crippen molar-refractivity contribution >= 4 is 27.2 Å². The highest BCUT2D eigenvalue weighted by Gasteiger charge is 2.32. The van der Waals surface area contributed by atoms with Gasteiger partial charge in [0.15, 0.2) is 5.78 Å². The zero-order chi connectivity index (χ0) is 22.8. The average molecular weight is 446 g/mol. The molecule has 1 saturated heterocycles. The maximum atomic E-state index is 13.1. The van der Waals surface area contributed by atoms with Gasteiger partial charge >= 0.3 is 0 Å². The van der Waals surface area contributed by atoms with Gasteiger partial charge in [0.2, 0.25) is 10.0 Å². The van der Waals surface area contributed by atoms with E-state index in [0.29, 0.717) is 18.8 Å². The number of hydrogen-bond acceptors (Lipinski definition) is 6. The summed E-state index contributed by atoms with van der Waals surface area (Å²) in [6.07, 6.45) is 0.993. The quantitative estimate of drug-likeness (QED) is 0.394. The molecule has 1 heterocycles. The van der Waals surface area contributed by atoms with Crippen molar-refractivity contribution < 1.29 is 18.1 Å². The van der Waals surface area contributed by atoms with E-state index in [1.54, 1.807) is 25.1 Å². The Hall–Kier alpha value is -2.78. The number of carbonyl (C=O) groups is 1. The zero-order valence-corrected chi connectivity index (χ0v) is 18.7. The first-order valence-corrected chi connectivity index (χ1v) is 11.6. The van der Waals surface area contributed by atoms with E-state index >= 15 is 0 Å². The monoisotopic (exact) mass is 445 g/mol. The van der Waals surface area contributed by atoms with Crippen LogP contribution in [0.4, 0.5) is 11.4 Å². The van der Waals surface area contributed by atoms with Gasteiger partial charge in [-0.15, -0.1) is 0 Å². The third-order valence-electron chi connectivity index (χ3n) is 5.50. The van der Waals surface area contributed by atoms with Gasteiger partial charge in [0.1, 0.15) is 0 Å². The van der Waals surface area contributed by atoms with Crippen molar-refractivity contribution in [1.29, 1.82) is 0 Å². The van der Waals surface area contributed by atoms with Gasteiger partial charge in [-0.05, 0) is 42.9 Å². The first-order chi connectivity index (χ1) is 14.6. The van der Waals surface area contributed by atoms with E-state index in [1.165, 1.54) is 28.6 Å². The highest BCUT2D eigenvalue weighted by atomic mass is 32.2. The summed E-state index contributed by atoms with van der Waals surface area (Å²) in [5, 5.41) is 13.9. The smallest absolute Gasteiger partial charge is 0.271 e. The van der Waals surface area contributed by atoms with Crippen LogP contribution in [0.3, 0.4) is 0 Å². The first-order valence-electron chi connectivity index (χ1n) is 10.2. The molecule has 9 heteroatoms. The van der Waals surface area contributed by atoms with Crippen molar-refractivity contribution in [3.63, 3.8) is 0 Å². The van der Waals surface area contributed by atoms with Crippen molar-refractivity contribution in [3.05, 3.63) is 63.7 Å². The third kappa shape index (κ3) is 5.29. The second kappa shape index (κ2) is 9.15. The number of nitro groups is 1. The largest absolute Gasteiger partial charge is 0.377 e. The predicted molar refractivity (Wildman–Crippen MR) is 119 cm³/mol. The summed E-state index contributed by atoms with van der Waals surface area (Å²) < 4.78 is 27.7. The number of sulfonamides is 1. The van der Waals surface area contributed by atoms with Gasteiger partial charge in [-0.25, -0.2) is 8.42 Å². The Labute approximate surface area is 182 Å². The van der Waals surface area contributed by atoms with E-state index in [9.17, 15) is 23.3 Å². The van der Waals surface area contributed by atoms with Crippen LogP contribution in [0, 0.1) is 28.9 Å². The molecule has 0 bridgehead atoms. The Morgan fingerprint density at radius 1 is 1.16 bits per heavy atom. The molecule has 2 unspecified atom stereocenters. The molecular formula is C22H27N3O5S. The maximum Gasteiger partial charge on any atom is 0.271 e. The number of Topliss-reactive ketones (excluding diaryl/α,β-unsaturated/α-hetero) is 1. The van der Waals surface area contributed by atoms with Gasteiger partial charge in [0.05, 0.1) is 16.4 Å². The van der Waals surface area contributed by atoms with E-state index < -0.39 is 14.9 Å². The molecule has 0 amide bonds. The molecule has 8 nitrogen and oxygen atoms in total. The summed E-state index contributed by atoms with van der Waals surface area (Å²) in [6.45, 7) is 6.70. The van der Waals surface area contributed by atoms with Gasteiger partial charge < -0.3 is 5.32 Å². The van der Waals surface area contributed by atoms with Crippen molar-refractivity contribution in [1.82, 2.24) is 4.31 Å². The van der Waals surface area contributed by atoms with Gasteiger partial charge in [-0.2, -0.15) is 4.31 Å². The molecule has 0 radical (unpaired) electrons. The van der Waals surface area contributed by atoms with Crippen LogP contribution in [0.15, 0.2) is 47.4 Å². The number of nitrogens with one attached hydrogen (secondary N) is 1. The number of hydrogen-bond donors (Lipinski definition) is 1. The number of rotatable bonds is 7. The Bertz CT molecular complexity index is 1090. The number of nitrogens with zero attached hydrogens (tertiary/aromatic N) is 2. The Morgan fingerprint density at radius 3 is 2.48 bits per heavy atom. The third-order valence-corrected chi connectivity index (χ3v) is 7.33. The molecule has 1 fully saturated rings. The molecule has 1 aliphatic heterocycles. The minimum atomic E-state index is -3.69. The van der Waals surface area contributed by atoms with Crippen LogP contribution in [-0.2, 0) is 10.0 Å². The van der Waals surface area contributed by atoms with Gasteiger partial charge in [0, 0.05) is 36.5 Å². The highest BCUT2D eigenvalue weighted by molar-refractivity contribution is 7.89. The van der Waals surface area contributed by atoms with E-state index in [1.807, 2.05) is 13.8 Å². The number of non-ortho nitro benzene ring substituents is 1. The summed E-state index contributed by atoms with van der Waals surface area (Å²) in [4.78, 5) is 23.3. The van der Waals surface area contributed by atoms with Crippen LogP contribution in [0.5, 0.6) is 0 Å². The lowest BCUT2D eigenvalue weighted by Crippen LogP contribution is -2.42. The van der Waals surface area contributed by atoms with Crippen molar-refractivity contribution in [3.8, 4) is 0 Å². The van der Waals surface area contributed by atoms with Crippen LogP contribution in [0.25, 0.3) is 0 Å². The van der Waals surface area contributed by atoms with Crippen LogP contribution < -0.4 is 5.32 Å². The fourth-order valence-electron chi connectivity index (χ4n) is 3.97. The van der Waals surface area contributed by atoms with Crippen LogP contribution in [0.2, 0.25) is 0 Å². The number of benzene rings is 2. The summed E-state index contributed by atoms with van der Waals surface area (Å²) in [7, 11) is -3.69. The van der Waals surface area contributed by atoms with E-state index in [4.69, 9.17) is 0 Å². The molecule has 0 spiro atoms. The van der Waals surface area contributed by atoms with Crippen molar-refractivity contribution in [2.45, 2.75) is 32.1 Å². The van der Waals surface area contributed by atoms with Crippen molar-refractivity contribution in [2.24, 2.45) is 11.8 Å². The van der Waals surface area contributed by atoms with Crippen LogP contribution >= 0.6 is 0 Å². The van der Waals surface area contributed by atoms with Gasteiger partial charge in [0.25, 0.3) is 5.69 Å². The lowest BCUT2D eigenvalue weighted by atomic mass is 9.94. The Balaban J connectivity index is 1.76. The van der Waals surface area contributed by atoms with E-state index in [0.717, 1.165) is 12.0 Å². The second-order valence-corrected chi connectivity index (χ2v) is 10.3. The van der Waals surface area contributed by atoms with Crippen LogP contribution in [-0.4, -0.2) is 43.1 Å². The maximum absolute atomic E-state index is 13.1. The molecule has 31 heavy (non-hydrogen) atoms. The minimum Gasteiger partial charge on any atom is -0.377 e. The molecule has 1 N–H and O–H groups in total. The molecule has 2 aromatic carbocycles. The van der Waals surface area contributed by atoms with Gasteiger partial charge in [-0.3, -0.25) is 14.9 Å². The van der Waals surface area contributed by atoms with Crippen LogP contribution in [0.1, 0.15) is 36.2 Å². The summed E-state index contributed by atoms with van der Waals surface area (Å²) in [6, 6.07) is 10.4. The fourth-order valence-corrected chi connectivity index (χ4v) is 5.70. The van der Waals surface area contributed by atoms with E-state index in [-0.39, 0.29) is 40.3 Å². The lowest BCUT2D eigenvalue weighted by Gasteiger charge is -2.34. The molecular weight excluding hydrogens is 418 g/mol. The molecule has 0 aromatic heterocycles. The molecule has 0 saturated carbocycles. The van der Waals surface area contributed by atoms with Gasteiger partial charge in [-0.1, -0.05) is 32.0 Å². The second-order valence-electron chi connectivity index (χ2n) is 8.33. The number of ketones is 1. The number of piperidine rings is 1. The summed E-state index contributed by atoms with van der Waals surface area (Å²) in [5.41, 5.74) is 1.46. The first kappa shape index (κ1) is 22.9. The Morgan fingerprint density at radius 2 is 1.84 bits per heavy atom. The fraction of sp³-hybridized carbons (Fsp3) is 0.409.